The minimum Gasteiger partial charge on any atom is -0.484 e. The van der Waals surface area contributed by atoms with Gasteiger partial charge in [0.15, 0.2) is 6.61 Å². The molecule has 1 aliphatic rings. The van der Waals surface area contributed by atoms with E-state index >= 15 is 0 Å². The second-order valence-electron chi connectivity index (χ2n) is 5.71. The number of carbonyl (C=O) groups excluding carboxylic acids is 1. The molecule has 0 spiro atoms. The van der Waals surface area contributed by atoms with E-state index in [1.165, 1.54) is 0 Å². The number of hydrogen-bond donors (Lipinski definition) is 0. The normalized spacial score (nSPS) is 16.2. The van der Waals surface area contributed by atoms with Crippen LogP contribution < -0.4 is 4.74 Å². The van der Waals surface area contributed by atoms with Gasteiger partial charge in [0.25, 0.3) is 5.91 Å². The van der Waals surface area contributed by atoms with E-state index in [0.717, 1.165) is 4.88 Å². The summed E-state index contributed by atoms with van der Waals surface area (Å²) in [7, 11) is 0. The van der Waals surface area contributed by atoms with Crippen molar-refractivity contribution in [1.82, 2.24) is 9.80 Å². The molecule has 0 bridgehead atoms. The first kappa shape index (κ1) is 17.7. The lowest BCUT2D eigenvalue weighted by atomic mass is 10.2. The van der Waals surface area contributed by atoms with Crippen molar-refractivity contribution in [3.63, 3.8) is 0 Å². The molecule has 2 heterocycles. The van der Waals surface area contributed by atoms with E-state index in [-0.39, 0.29) is 18.6 Å². The second-order valence-corrected chi connectivity index (χ2v) is 7.12. The summed E-state index contributed by atoms with van der Waals surface area (Å²) < 4.78 is 5.52. The van der Waals surface area contributed by atoms with Crippen molar-refractivity contribution in [3.8, 4) is 11.8 Å². The van der Waals surface area contributed by atoms with E-state index < -0.39 is 0 Å². The lowest BCUT2D eigenvalue weighted by Crippen LogP contribution is -2.50. The van der Waals surface area contributed by atoms with Crippen LogP contribution in [0.25, 0.3) is 0 Å². The molecule has 130 valence electrons. The van der Waals surface area contributed by atoms with Crippen molar-refractivity contribution < 1.29 is 9.53 Å². The molecule has 25 heavy (non-hydrogen) atoms. The number of hydrogen-bond acceptors (Lipinski definition) is 5. The van der Waals surface area contributed by atoms with E-state index in [2.05, 4.69) is 11.0 Å². The zero-order valence-electron chi connectivity index (χ0n) is 13.6. The van der Waals surface area contributed by atoms with Crippen LogP contribution in [0.4, 0.5) is 0 Å². The molecule has 1 aromatic heterocycles. The number of ether oxygens (including phenoxy) is 1. The molecule has 1 aliphatic heterocycles. The smallest absolute Gasteiger partial charge is 0.260 e. The van der Waals surface area contributed by atoms with E-state index in [9.17, 15) is 10.1 Å². The van der Waals surface area contributed by atoms with Gasteiger partial charge in [-0.05, 0) is 35.7 Å². The molecule has 0 saturated carbocycles. The monoisotopic (exact) mass is 375 g/mol. The Kier molecular flexibility index (Phi) is 5.92. The fourth-order valence-corrected chi connectivity index (χ4v) is 3.70. The zero-order valence-corrected chi connectivity index (χ0v) is 15.2. The summed E-state index contributed by atoms with van der Waals surface area (Å²) in [5, 5.41) is 12.1. The summed E-state index contributed by atoms with van der Waals surface area (Å²) in [5.74, 6) is 0.581. The fourth-order valence-electron chi connectivity index (χ4n) is 2.77. The van der Waals surface area contributed by atoms with Crippen LogP contribution in [-0.4, -0.2) is 48.5 Å². The van der Waals surface area contributed by atoms with Crippen molar-refractivity contribution in [3.05, 3.63) is 51.7 Å². The Morgan fingerprint density at radius 3 is 2.56 bits per heavy atom. The highest BCUT2D eigenvalue weighted by Gasteiger charge is 2.27. The Morgan fingerprint density at radius 2 is 1.96 bits per heavy atom. The van der Waals surface area contributed by atoms with Crippen molar-refractivity contribution in [2.24, 2.45) is 0 Å². The van der Waals surface area contributed by atoms with Gasteiger partial charge in [-0.3, -0.25) is 9.69 Å². The Morgan fingerprint density at radius 1 is 1.24 bits per heavy atom. The lowest BCUT2D eigenvalue weighted by Gasteiger charge is -2.36. The van der Waals surface area contributed by atoms with Crippen LogP contribution in [0.15, 0.2) is 41.8 Å². The molecule has 1 atom stereocenters. The summed E-state index contributed by atoms with van der Waals surface area (Å²) in [6.07, 6.45) is 0. The Bertz CT molecular complexity index is 735. The van der Waals surface area contributed by atoms with E-state index in [4.69, 9.17) is 16.3 Å². The van der Waals surface area contributed by atoms with Crippen molar-refractivity contribution >= 4 is 28.8 Å². The summed E-state index contributed by atoms with van der Waals surface area (Å²) >= 11 is 7.42. The van der Waals surface area contributed by atoms with Crippen LogP contribution in [0, 0.1) is 11.3 Å². The molecule has 3 rings (SSSR count). The van der Waals surface area contributed by atoms with Crippen molar-refractivity contribution in [2.45, 2.75) is 6.04 Å². The molecule has 1 unspecified atom stereocenters. The first-order valence-electron chi connectivity index (χ1n) is 8.00. The Hall–Kier alpha value is -2.07. The van der Waals surface area contributed by atoms with Crippen LogP contribution in [-0.2, 0) is 4.79 Å². The first-order valence-corrected chi connectivity index (χ1v) is 9.26. The maximum atomic E-state index is 12.3. The first-order chi connectivity index (χ1) is 12.2. The molecule has 1 fully saturated rings. The average molecular weight is 376 g/mol. The minimum absolute atomic E-state index is 0.00817. The van der Waals surface area contributed by atoms with E-state index in [0.29, 0.717) is 37.0 Å². The molecule has 0 N–H and O–H groups in total. The molecular weight excluding hydrogens is 358 g/mol. The molecule has 1 amide bonds. The van der Waals surface area contributed by atoms with Gasteiger partial charge in [0, 0.05) is 36.1 Å². The predicted molar refractivity (Wildman–Crippen MR) is 97.8 cm³/mol. The number of rotatable bonds is 5. The molecule has 7 heteroatoms. The van der Waals surface area contributed by atoms with Crippen LogP contribution in [0.1, 0.15) is 10.9 Å². The predicted octanol–water partition coefficient (Wildman–Crippen LogP) is 3.19. The highest BCUT2D eigenvalue weighted by atomic mass is 35.5. The SMILES string of the molecule is N#CC(c1cccs1)N1CCN(C(=O)COc2ccc(Cl)cc2)CC1. The average Bonchev–Trinajstić information content (AvgIpc) is 3.16. The third-order valence-corrected chi connectivity index (χ3v) is 5.32. The molecule has 2 aromatic rings. The van der Waals surface area contributed by atoms with Crippen LogP contribution >= 0.6 is 22.9 Å². The highest BCUT2D eigenvalue weighted by Crippen LogP contribution is 2.25. The van der Waals surface area contributed by atoms with E-state index in [1.54, 1.807) is 40.5 Å². The third-order valence-electron chi connectivity index (χ3n) is 4.14. The Balaban J connectivity index is 1.49. The molecule has 0 radical (unpaired) electrons. The largest absolute Gasteiger partial charge is 0.484 e. The van der Waals surface area contributed by atoms with Crippen LogP contribution in [0.5, 0.6) is 5.75 Å². The summed E-state index contributed by atoms with van der Waals surface area (Å²) in [5.41, 5.74) is 0. The number of amides is 1. The number of carbonyl (C=O) groups is 1. The number of benzene rings is 1. The van der Waals surface area contributed by atoms with Gasteiger partial charge in [0.05, 0.1) is 6.07 Å². The lowest BCUT2D eigenvalue weighted by molar-refractivity contribution is -0.135. The minimum atomic E-state index is -0.234. The van der Waals surface area contributed by atoms with Gasteiger partial charge in [-0.2, -0.15) is 5.26 Å². The topological polar surface area (TPSA) is 56.6 Å². The van der Waals surface area contributed by atoms with Crippen LogP contribution in [0.3, 0.4) is 0 Å². The summed E-state index contributed by atoms with van der Waals surface area (Å²) in [6.45, 7) is 2.58. The van der Waals surface area contributed by atoms with Gasteiger partial charge < -0.3 is 9.64 Å². The fraction of sp³-hybridized carbons (Fsp3) is 0.333. The quantitative estimate of drug-likeness (QED) is 0.805. The summed E-state index contributed by atoms with van der Waals surface area (Å²) in [4.78, 5) is 17.3. The number of thiophene rings is 1. The van der Waals surface area contributed by atoms with Gasteiger partial charge in [0.2, 0.25) is 0 Å². The third kappa shape index (κ3) is 4.51. The summed E-state index contributed by atoms with van der Waals surface area (Å²) in [6, 6.07) is 13.0. The molecule has 0 aliphatic carbocycles. The number of nitriles is 1. The highest BCUT2D eigenvalue weighted by molar-refractivity contribution is 7.10. The molecule has 1 aromatic carbocycles. The van der Waals surface area contributed by atoms with Gasteiger partial charge in [-0.25, -0.2) is 0 Å². The number of nitrogens with zero attached hydrogens (tertiary/aromatic N) is 3. The zero-order chi connectivity index (χ0) is 17.6. The molecule has 5 nitrogen and oxygen atoms in total. The van der Waals surface area contributed by atoms with Crippen molar-refractivity contribution in [1.29, 1.82) is 5.26 Å². The maximum Gasteiger partial charge on any atom is 0.260 e. The molecular formula is C18H18ClN3O2S. The maximum absolute atomic E-state index is 12.3. The van der Waals surface area contributed by atoms with Gasteiger partial charge in [-0.1, -0.05) is 17.7 Å². The van der Waals surface area contributed by atoms with E-state index in [1.807, 2.05) is 17.5 Å². The Labute approximate surface area is 156 Å². The second kappa shape index (κ2) is 8.34. The van der Waals surface area contributed by atoms with Crippen LogP contribution in [0.2, 0.25) is 5.02 Å². The van der Waals surface area contributed by atoms with Gasteiger partial charge in [0.1, 0.15) is 11.8 Å². The van der Waals surface area contributed by atoms with Crippen molar-refractivity contribution in [2.75, 3.05) is 32.8 Å². The van der Waals surface area contributed by atoms with Gasteiger partial charge in [-0.15, -0.1) is 11.3 Å². The number of piperazine rings is 1. The standard InChI is InChI=1S/C18H18ClN3O2S/c19-14-3-5-15(6-4-14)24-13-18(23)22-9-7-21(8-10-22)16(12-20)17-2-1-11-25-17/h1-6,11,16H,7-10,13H2. The molecule has 1 saturated heterocycles. The van der Waals surface area contributed by atoms with Gasteiger partial charge >= 0.3 is 0 Å². The number of halogens is 1.